The van der Waals surface area contributed by atoms with E-state index in [1.165, 1.54) is 12.8 Å². The Kier molecular flexibility index (Phi) is 6.75. The Bertz CT molecular complexity index is 275. The highest BCUT2D eigenvalue weighted by atomic mass is 16.1. The highest BCUT2D eigenvalue weighted by Gasteiger charge is 2.25. The van der Waals surface area contributed by atoms with Crippen molar-refractivity contribution < 1.29 is 4.79 Å². The van der Waals surface area contributed by atoms with Crippen LogP contribution in [0.25, 0.3) is 0 Å². The first-order valence-electron chi connectivity index (χ1n) is 7.42. The molecule has 112 valence electrons. The molecule has 3 N–H and O–H groups in total. The Morgan fingerprint density at radius 1 is 1.42 bits per heavy atom. The van der Waals surface area contributed by atoms with Gasteiger partial charge in [-0.05, 0) is 39.5 Å². The molecule has 1 atom stereocenters. The summed E-state index contributed by atoms with van der Waals surface area (Å²) < 4.78 is 0. The molecule has 0 aromatic rings. The van der Waals surface area contributed by atoms with Crippen LogP contribution in [0.4, 0.5) is 0 Å². The van der Waals surface area contributed by atoms with E-state index in [0.717, 1.165) is 19.6 Å². The first-order chi connectivity index (χ1) is 8.93. The predicted octanol–water partition coefficient (Wildman–Crippen LogP) is 0.254. The largest absolute Gasteiger partial charge is 0.368 e. The van der Waals surface area contributed by atoms with E-state index in [4.69, 9.17) is 5.73 Å². The highest BCUT2D eigenvalue weighted by molar-refractivity contribution is 5.80. The van der Waals surface area contributed by atoms with Gasteiger partial charge >= 0.3 is 0 Å². The van der Waals surface area contributed by atoms with Crippen molar-refractivity contribution in [2.75, 3.05) is 33.2 Å². The molecule has 0 bridgehead atoms. The summed E-state index contributed by atoms with van der Waals surface area (Å²) in [6.45, 7) is 10.4. The second kappa shape index (κ2) is 7.82. The second-order valence-corrected chi connectivity index (χ2v) is 5.88. The molecule has 0 aliphatic carbocycles. The van der Waals surface area contributed by atoms with E-state index >= 15 is 0 Å². The molecule has 1 amide bonds. The molecule has 5 nitrogen and oxygen atoms in total. The average molecular weight is 270 g/mol. The van der Waals surface area contributed by atoms with E-state index in [9.17, 15) is 4.79 Å². The van der Waals surface area contributed by atoms with Gasteiger partial charge in [-0.3, -0.25) is 4.79 Å². The SMILES string of the molecule is CCN1CCC(N(C)CC(NC(C)C)C(N)=O)CC1. The number of likely N-dealkylation sites (tertiary alicyclic amines) is 1. The third kappa shape index (κ3) is 5.47. The minimum absolute atomic E-state index is 0.255. The number of carbonyl (C=O) groups is 1. The van der Waals surface area contributed by atoms with E-state index in [1.54, 1.807) is 0 Å². The number of carbonyl (C=O) groups excluding carboxylic acids is 1. The van der Waals surface area contributed by atoms with Crippen LogP contribution in [0.3, 0.4) is 0 Å². The molecule has 1 saturated heterocycles. The van der Waals surface area contributed by atoms with Gasteiger partial charge in [-0.2, -0.15) is 0 Å². The zero-order chi connectivity index (χ0) is 14.4. The minimum atomic E-state index is -0.258. The van der Waals surface area contributed by atoms with E-state index in [2.05, 4.69) is 29.1 Å². The van der Waals surface area contributed by atoms with Gasteiger partial charge in [-0.1, -0.05) is 20.8 Å². The lowest BCUT2D eigenvalue weighted by atomic mass is 10.0. The fourth-order valence-corrected chi connectivity index (χ4v) is 2.74. The number of amides is 1. The molecule has 0 aromatic heterocycles. The lowest BCUT2D eigenvalue weighted by molar-refractivity contribution is -0.120. The molecular weight excluding hydrogens is 240 g/mol. The number of primary amides is 1. The minimum Gasteiger partial charge on any atom is -0.368 e. The van der Waals surface area contributed by atoms with Crippen molar-refractivity contribution in [3.8, 4) is 0 Å². The summed E-state index contributed by atoms with van der Waals surface area (Å²) in [4.78, 5) is 16.2. The van der Waals surface area contributed by atoms with Gasteiger partial charge in [-0.15, -0.1) is 0 Å². The summed E-state index contributed by atoms with van der Waals surface area (Å²) in [5.41, 5.74) is 5.47. The van der Waals surface area contributed by atoms with Crippen LogP contribution in [0.2, 0.25) is 0 Å². The Balaban J connectivity index is 2.44. The maximum absolute atomic E-state index is 11.5. The van der Waals surface area contributed by atoms with Crippen LogP contribution in [0.5, 0.6) is 0 Å². The fourth-order valence-electron chi connectivity index (χ4n) is 2.74. The first kappa shape index (κ1) is 16.4. The molecule has 0 saturated carbocycles. The van der Waals surface area contributed by atoms with E-state index < -0.39 is 0 Å². The number of nitrogens with one attached hydrogen (secondary N) is 1. The molecular formula is C14H30N4O. The van der Waals surface area contributed by atoms with Crippen molar-refractivity contribution in [3.05, 3.63) is 0 Å². The standard InChI is InChI=1S/C14H30N4O/c1-5-18-8-6-12(7-9-18)17(4)10-13(14(15)19)16-11(2)3/h11-13,16H,5-10H2,1-4H3,(H2,15,19). The quantitative estimate of drug-likeness (QED) is 0.696. The van der Waals surface area contributed by atoms with Crippen molar-refractivity contribution in [2.45, 2.75) is 51.7 Å². The lowest BCUT2D eigenvalue weighted by Crippen LogP contribution is -2.53. The Hall–Kier alpha value is -0.650. The Morgan fingerprint density at radius 2 is 2.00 bits per heavy atom. The molecule has 1 rings (SSSR count). The Morgan fingerprint density at radius 3 is 2.42 bits per heavy atom. The molecule has 0 radical (unpaired) electrons. The number of piperidine rings is 1. The van der Waals surface area contributed by atoms with Crippen molar-refractivity contribution in [2.24, 2.45) is 5.73 Å². The smallest absolute Gasteiger partial charge is 0.235 e. The number of nitrogens with zero attached hydrogens (tertiary/aromatic N) is 2. The van der Waals surface area contributed by atoms with Crippen molar-refractivity contribution in [1.29, 1.82) is 0 Å². The van der Waals surface area contributed by atoms with Crippen LogP contribution < -0.4 is 11.1 Å². The van der Waals surface area contributed by atoms with Gasteiger partial charge in [0.2, 0.25) is 5.91 Å². The van der Waals surface area contributed by atoms with Crippen molar-refractivity contribution >= 4 is 5.91 Å². The molecule has 0 spiro atoms. The molecule has 5 heteroatoms. The van der Waals surface area contributed by atoms with Crippen molar-refractivity contribution in [3.63, 3.8) is 0 Å². The maximum atomic E-state index is 11.5. The van der Waals surface area contributed by atoms with Crippen molar-refractivity contribution in [1.82, 2.24) is 15.1 Å². The molecule has 0 aromatic carbocycles. The molecule has 1 unspecified atom stereocenters. The van der Waals surface area contributed by atoms with E-state index in [-0.39, 0.29) is 18.0 Å². The number of nitrogens with two attached hydrogens (primary N) is 1. The van der Waals surface area contributed by atoms with Crippen LogP contribution >= 0.6 is 0 Å². The summed E-state index contributed by atoms with van der Waals surface area (Å²) >= 11 is 0. The first-order valence-corrected chi connectivity index (χ1v) is 7.42. The normalized spacial score (nSPS) is 20.1. The third-order valence-electron chi connectivity index (χ3n) is 3.98. The summed E-state index contributed by atoms with van der Waals surface area (Å²) in [6, 6.07) is 0.584. The van der Waals surface area contributed by atoms with Gasteiger partial charge in [0.05, 0.1) is 6.04 Å². The van der Waals surface area contributed by atoms with Gasteiger partial charge in [0.15, 0.2) is 0 Å². The van der Waals surface area contributed by atoms with Gasteiger partial charge in [0.1, 0.15) is 0 Å². The highest BCUT2D eigenvalue weighted by Crippen LogP contribution is 2.15. The summed E-state index contributed by atoms with van der Waals surface area (Å²) in [7, 11) is 2.10. The topological polar surface area (TPSA) is 61.6 Å². The monoisotopic (exact) mass is 270 g/mol. The molecule has 1 aliphatic heterocycles. The molecule has 19 heavy (non-hydrogen) atoms. The lowest BCUT2D eigenvalue weighted by Gasteiger charge is -2.37. The van der Waals surface area contributed by atoms with E-state index in [0.29, 0.717) is 12.6 Å². The fraction of sp³-hybridized carbons (Fsp3) is 0.929. The van der Waals surface area contributed by atoms with Crippen LogP contribution in [0.15, 0.2) is 0 Å². The van der Waals surface area contributed by atoms with Crippen LogP contribution in [0, 0.1) is 0 Å². The maximum Gasteiger partial charge on any atom is 0.235 e. The van der Waals surface area contributed by atoms with Gasteiger partial charge in [-0.25, -0.2) is 0 Å². The van der Waals surface area contributed by atoms with Gasteiger partial charge < -0.3 is 20.9 Å². The number of hydrogen-bond acceptors (Lipinski definition) is 4. The van der Waals surface area contributed by atoms with Gasteiger partial charge in [0.25, 0.3) is 0 Å². The number of likely N-dealkylation sites (N-methyl/N-ethyl adjacent to an activating group) is 1. The number of rotatable bonds is 7. The zero-order valence-corrected chi connectivity index (χ0v) is 12.9. The zero-order valence-electron chi connectivity index (χ0n) is 12.9. The van der Waals surface area contributed by atoms with Crippen LogP contribution in [-0.2, 0) is 4.79 Å². The third-order valence-corrected chi connectivity index (χ3v) is 3.98. The van der Waals surface area contributed by atoms with Crippen LogP contribution in [-0.4, -0.2) is 67.1 Å². The molecule has 1 fully saturated rings. The Labute approximate surface area is 117 Å². The summed E-state index contributed by atoms with van der Waals surface area (Å²) in [5.74, 6) is -0.258. The van der Waals surface area contributed by atoms with Gasteiger partial charge in [0, 0.05) is 18.6 Å². The summed E-state index contributed by atoms with van der Waals surface area (Å²) in [5, 5.41) is 3.24. The second-order valence-electron chi connectivity index (χ2n) is 5.88. The predicted molar refractivity (Wildman–Crippen MR) is 79.0 cm³/mol. The average Bonchev–Trinajstić information content (AvgIpc) is 2.37. The van der Waals surface area contributed by atoms with E-state index in [1.807, 2.05) is 13.8 Å². The summed E-state index contributed by atoms with van der Waals surface area (Å²) in [6.07, 6.45) is 2.36. The van der Waals surface area contributed by atoms with Crippen LogP contribution in [0.1, 0.15) is 33.6 Å². The molecule has 1 heterocycles. The molecule has 1 aliphatic rings. The number of hydrogen-bond donors (Lipinski definition) is 2.